The van der Waals surface area contributed by atoms with E-state index in [0.29, 0.717) is 7.11 Å². The number of rotatable bonds is 3. The van der Waals surface area contributed by atoms with Crippen molar-refractivity contribution in [1.82, 2.24) is 0 Å². The minimum absolute atomic E-state index is 0.446. The Morgan fingerprint density at radius 1 is 1.05 bits per heavy atom. The zero-order valence-electron chi connectivity index (χ0n) is 8.83. The van der Waals surface area contributed by atoms with E-state index in [4.69, 9.17) is 0 Å². The molecule has 19 heavy (non-hydrogen) atoms. The van der Waals surface area contributed by atoms with Gasteiger partial charge in [0.15, 0.2) is 0 Å². The number of esters is 1. The van der Waals surface area contributed by atoms with Crippen LogP contribution in [0.1, 0.15) is 0 Å². The summed E-state index contributed by atoms with van der Waals surface area (Å²) in [6, 6.07) is -2.16. The molecule has 0 aromatic heterocycles. The number of hydrogen-bond donors (Lipinski definition) is 0. The van der Waals surface area contributed by atoms with Crippen LogP contribution in [0.15, 0.2) is 12.1 Å². The molecule has 0 saturated heterocycles. The third kappa shape index (κ3) is 6.76. The zero-order chi connectivity index (χ0) is 15.9. The predicted molar refractivity (Wildman–Crippen MR) is 40.4 cm³/mol. The van der Waals surface area contributed by atoms with Crippen molar-refractivity contribution in [2.24, 2.45) is 0 Å². The minimum Gasteiger partial charge on any atom is -0.464 e. The number of ether oxygens (including phenoxy) is 2. The predicted octanol–water partition coefficient (Wildman–Crippen LogP) is 3.32. The second kappa shape index (κ2) is 7.74. The second-order valence-electron chi connectivity index (χ2n) is 2.35. The van der Waals surface area contributed by atoms with Crippen molar-refractivity contribution >= 4 is 5.97 Å². The molecular weight excluding hydrogens is 303 g/mol. The average molecular weight is 308 g/mol. The van der Waals surface area contributed by atoms with Gasteiger partial charge in [0, 0.05) is 0 Å². The smallest absolute Gasteiger partial charge is 0.464 e. The van der Waals surface area contributed by atoms with E-state index < -0.39 is 37.0 Å². The Labute approximate surface area is 99.1 Å². The van der Waals surface area contributed by atoms with Gasteiger partial charge in [0.05, 0.1) is 7.11 Å². The summed E-state index contributed by atoms with van der Waals surface area (Å²) < 4.78 is 107. The highest BCUT2D eigenvalue weighted by Gasteiger charge is 2.64. The average Bonchev–Trinajstić information content (AvgIpc) is 2.27. The van der Waals surface area contributed by atoms with Crippen LogP contribution in [0.2, 0.25) is 0 Å². The highest BCUT2D eigenvalue weighted by atomic mass is 19.4. The first-order chi connectivity index (χ1) is 8.41. The topological polar surface area (TPSA) is 35.5 Å². The van der Waals surface area contributed by atoms with Crippen LogP contribution in [0.4, 0.5) is 39.5 Å². The van der Waals surface area contributed by atoms with Gasteiger partial charge in [0.25, 0.3) is 0 Å². The van der Waals surface area contributed by atoms with Crippen LogP contribution in [0.3, 0.4) is 0 Å². The molecule has 0 unspecified atom stereocenters. The molecule has 0 rings (SSSR count). The molecular formula is C7H5F9O3. The van der Waals surface area contributed by atoms with E-state index in [9.17, 15) is 44.3 Å². The van der Waals surface area contributed by atoms with E-state index in [1.807, 2.05) is 0 Å². The van der Waals surface area contributed by atoms with Crippen molar-refractivity contribution in [1.29, 1.82) is 0 Å². The second-order valence-corrected chi connectivity index (χ2v) is 2.35. The molecule has 0 atom stereocenters. The van der Waals surface area contributed by atoms with E-state index in [-0.39, 0.29) is 0 Å². The quantitative estimate of drug-likeness (QED) is 0.456. The van der Waals surface area contributed by atoms with Crippen LogP contribution < -0.4 is 0 Å². The van der Waals surface area contributed by atoms with Gasteiger partial charge < -0.3 is 9.47 Å². The number of halogens is 9. The lowest BCUT2D eigenvalue weighted by atomic mass is 10.3. The molecule has 0 aliphatic heterocycles. The molecule has 0 aromatic carbocycles. The van der Waals surface area contributed by atoms with E-state index in [1.165, 1.54) is 0 Å². The molecule has 0 aromatic rings. The van der Waals surface area contributed by atoms with E-state index in [0.717, 1.165) is 0 Å². The Bertz CT molecular complexity index is 318. The fraction of sp³-hybridized carbons (Fsp3) is 0.571. The summed E-state index contributed by atoms with van der Waals surface area (Å²) in [4.78, 5) is 9.79. The normalized spacial score (nSPS) is 11.1. The SMILES string of the molecule is COC(=O)C(F)(F)C(F)(F)F.FCOC(F)=C(F)F. The number of hydrogen-bond acceptors (Lipinski definition) is 3. The number of methoxy groups -OCH3 is 1. The summed E-state index contributed by atoms with van der Waals surface area (Å²) in [5, 5.41) is 0. The summed E-state index contributed by atoms with van der Waals surface area (Å²) in [5.74, 6) is -8.02. The Morgan fingerprint density at radius 3 is 1.58 bits per heavy atom. The van der Waals surface area contributed by atoms with Crippen LogP contribution >= 0.6 is 0 Å². The molecule has 0 saturated carbocycles. The molecule has 0 heterocycles. The van der Waals surface area contributed by atoms with E-state index in [1.54, 1.807) is 0 Å². The van der Waals surface area contributed by atoms with Gasteiger partial charge in [0.1, 0.15) is 0 Å². The summed E-state index contributed by atoms with van der Waals surface area (Å²) in [5.41, 5.74) is 0. The van der Waals surface area contributed by atoms with Gasteiger partial charge in [-0.25, -0.2) is 9.18 Å². The van der Waals surface area contributed by atoms with Crippen molar-refractivity contribution in [2.45, 2.75) is 12.1 Å². The van der Waals surface area contributed by atoms with Gasteiger partial charge in [-0.15, -0.1) is 0 Å². The summed E-state index contributed by atoms with van der Waals surface area (Å²) >= 11 is 0. The molecule has 0 spiro atoms. The first-order valence-electron chi connectivity index (χ1n) is 3.84. The van der Waals surface area contributed by atoms with Gasteiger partial charge in [0.2, 0.25) is 6.86 Å². The summed E-state index contributed by atoms with van der Waals surface area (Å²) in [6.07, 6.45) is -8.54. The van der Waals surface area contributed by atoms with Crippen molar-refractivity contribution in [2.75, 3.05) is 14.0 Å². The van der Waals surface area contributed by atoms with Crippen LogP contribution in [-0.4, -0.2) is 32.0 Å². The molecule has 12 heteroatoms. The molecule has 3 nitrogen and oxygen atoms in total. The van der Waals surface area contributed by atoms with Crippen LogP contribution in [-0.2, 0) is 14.3 Å². The van der Waals surface area contributed by atoms with Crippen molar-refractivity contribution < 1.29 is 53.8 Å². The fourth-order valence-corrected chi connectivity index (χ4v) is 0.346. The lowest BCUT2D eigenvalue weighted by molar-refractivity contribution is -0.279. The number of alkyl halides is 6. The summed E-state index contributed by atoms with van der Waals surface area (Å²) in [6.45, 7) is -1.58. The molecule has 0 bridgehead atoms. The minimum atomic E-state index is -5.89. The largest absolute Gasteiger partial charge is 0.465 e. The Hall–Kier alpha value is -1.62. The van der Waals surface area contributed by atoms with Crippen LogP contribution in [0.25, 0.3) is 0 Å². The van der Waals surface area contributed by atoms with Crippen molar-refractivity contribution in [3.63, 3.8) is 0 Å². The first kappa shape index (κ1) is 19.7. The maximum atomic E-state index is 11.7. The highest BCUT2D eigenvalue weighted by molar-refractivity contribution is 5.78. The van der Waals surface area contributed by atoms with Gasteiger partial charge in [-0.3, -0.25) is 0 Å². The van der Waals surface area contributed by atoms with E-state index >= 15 is 0 Å². The van der Waals surface area contributed by atoms with Gasteiger partial charge >= 0.3 is 30.2 Å². The van der Waals surface area contributed by atoms with Crippen LogP contribution in [0, 0.1) is 0 Å². The van der Waals surface area contributed by atoms with Crippen LogP contribution in [0.5, 0.6) is 0 Å². The van der Waals surface area contributed by atoms with Gasteiger partial charge in [-0.1, -0.05) is 0 Å². The lowest BCUT2D eigenvalue weighted by Crippen LogP contribution is -2.44. The Balaban J connectivity index is 0. The monoisotopic (exact) mass is 308 g/mol. The number of carbonyl (C=O) groups is 1. The van der Waals surface area contributed by atoms with Crippen molar-refractivity contribution in [3.8, 4) is 0 Å². The number of carbonyl (C=O) groups excluding carboxylic acids is 1. The molecule has 0 amide bonds. The molecule has 0 N–H and O–H groups in total. The van der Waals surface area contributed by atoms with Crippen molar-refractivity contribution in [3.05, 3.63) is 12.1 Å². The molecule has 0 aliphatic carbocycles. The molecule has 0 aliphatic rings. The molecule has 0 radical (unpaired) electrons. The van der Waals surface area contributed by atoms with Gasteiger partial charge in [-0.05, 0) is 0 Å². The maximum absolute atomic E-state index is 11.7. The Morgan fingerprint density at radius 2 is 1.47 bits per heavy atom. The standard InChI is InChI=1S/C4H3F5O2.C3H2F4O/c1-11-2(10)3(5,6)4(7,8)9;4-1-8-3(7)2(5)6/h1H3;1H2. The maximum Gasteiger partial charge on any atom is 0.465 e. The first-order valence-corrected chi connectivity index (χ1v) is 3.84. The zero-order valence-corrected chi connectivity index (χ0v) is 8.83. The summed E-state index contributed by atoms with van der Waals surface area (Å²) in [7, 11) is 0.446. The van der Waals surface area contributed by atoms with E-state index in [2.05, 4.69) is 9.47 Å². The lowest BCUT2D eigenvalue weighted by Gasteiger charge is -2.15. The van der Waals surface area contributed by atoms with Gasteiger partial charge in [-0.2, -0.15) is 35.1 Å². The Kier molecular flexibility index (Phi) is 8.03. The molecule has 114 valence electrons. The highest BCUT2D eigenvalue weighted by Crippen LogP contribution is 2.35. The molecule has 0 fully saturated rings. The fourth-order valence-electron chi connectivity index (χ4n) is 0.346. The third-order valence-corrected chi connectivity index (χ3v) is 1.13. The third-order valence-electron chi connectivity index (χ3n) is 1.13.